The Morgan fingerprint density at radius 1 is 0.469 bits per heavy atom. The van der Waals surface area contributed by atoms with Gasteiger partial charge in [0.1, 0.15) is 6.10 Å². The minimum Gasteiger partial charge on any atom is -0.462 e. The standard InChI is InChI=1S/C58H93NO5/c1-4-7-10-13-16-19-22-25-27-28-29-31-33-36-39-42-45-48-51-58(63)64-54(49-46-43-40-37-34-32-30-26-23-20-17-14-11-8-5-2)52-57(62)59-55(53-60)56(61)50-47-44-41-38-35-24-21-18-15-12-9-6-3/h8,10-11,13-14,16-17,19-20,22-23,25-32,34,37,40,54-56,60-61H,4-7,9,12,15,18,21,24,33,35-36,38-39,41-53H2,1-3H3,(H,59,62)/b11-8-,13-10+,17-14+,19-16+,23-20+,25-22+,28-27+,30-26-,31-29+,34-32+,40-37+. The molecule has 0 saturated heterocycles. The van der Waals surface area contributed by atoms with Gasteiger partial charge >= 0.3 is 5.97 Å². The predicted octanol–water partition coefficient (Wildman–Crippen LogP) is 15.4. The van der Waals surface area contributed by atoms with Crippen molar-refractivity contribution in [3.63, 3.8) is 0 Å². The molecule has 3 atom stereocenters. The van der Waals surface area contributed by atoms with Crippen LogP contribution in [0.1, 0.15) is 194 Å². The number of ether oxygens (including phenoxy) is 1. The zero-order valence-electron chi connectivity index (χ0n) is 40.9. The number of hydrogen-bond acceptors (Lipinski definition) is 5. The number of esters is 1. The van der Waals surface area contributed by atoms with Crippen LogP contribution in [0, 0.1) is 0 Å². The van der Waals surface area contributed by atoms with E-state index in [1.807, 2.05) is 91.1 Å². The van der Waals surface area contributed by atoms with Crippen molar-refractivity contribution in [3.8, 4) is 0 Å². The minimum atomic E-state index is -0.821. The Morgan fingerprint density at radius 2 is 0.891 bits per heavy atom. The topological polar surface area (TPSA) is 95.9 Å². The summed E-state index contributed by atoms with van der Waals surface area (Å²) in [5, 5.41) is 23.7. The monoisotopic (exact) mass is 884 g/mol. The summed E-state index contributed by atoms with van der Waals surface area (Å²) < 4.78 is 5.88. The highest BCUT2D eigenvalue weighted by Gasteiger charge is 2.24. The van der Waals surface area contributed by atoms with Crippen LogP contribution >= 0.6 is 0 Å². The van der Waals surface area contributed by atoms with E-state index in [0.29, 0.717) is 19.3 Å². The normalized spacial score (nSPS) is 14.4. The Labute approximate surface area is 393 Å². The number of unbranched alkanes of at least 4 members (excludes halogenated alkanes) is 18. The highest BCUT2D eigenvalue weighted by molar-refractivity contribution is 5.77. The van der Waals surface area contributed by atoms with Gasteiger partial charge in [-0.2, -0.15) is 0 Å². The number of allylic oxidation sites excluding steroid dienone is 22. The van der Waals surface area contributed by atoms with Crippen LogP contribution in [-0.2, 0) is 14.3 Å². The maximum Gasteiger partial charge on any atom is 0.306 e. The lowest BCUT2D eigenvalue weighted by molar-refractivity contribution is -0.151. The summed E-state index contributed by atoms with van der Waals surface area (Å²) >= 11 is 0. The molecular weight excluding hydrogens is 791 g/mol. The number of rotatable bonds is 43. The molecule has 6 heteroatoms. The number of amides is 1. The lowest BCUT2D eigenvalue weighted by atomic mass is 10.0. The summed E-state index contributed by atoms with van der Waals surface area (Å²) in [6.07, 6.45) is 70.7. The average molecular weight is 884 g/mol. The molecular formula is C58H93NO5. The van der Waals surface area contributed by atoms with Gasteiger partial charge in [-0.1, -0.05) is 257 Å². The Balaban J connectivity index is 4.82. The van der Waals surface area contributed by atoms with E-state index in [1.165, 1.54) is 64.2 Å². The maximum atomic E-state index is 13.2. The lowest BCUT2D eigenvalue weighted by Gasteiger charge is -2.24. The third-order valence-electron chi connectivity index (χ3n) is 10.7. The van der Waals surface area contributed by atoms with Crippen LogP contribution in [-0.4, -0.2) is 46.9 Å². The third kappa shape index (κ3) is 44.6. The first-order valence-electron chi connectivity index (χ1n) is 25.6. The minimum absolute atomic E-state index is 0.00629. The lowest BCUT2D eigenvalue weighted by Crippen LogP contribution is -2.46. The van der Waals surface area contributed by atoms with Crippen LogP contribution in [0.2, 0.25) is 0 Å². The van der Waals surface area contributed by atoms with Crippen molar-refractivity contribution >= 4 is 11.9 Å². The highest BCUT2D eigenvalue weighted by atomic mass is 16.5. The van der Waals surface area contributed by atoms with Crippen molar-refractivity contribution < 1.29 is 24.5 Å². The molecule has 0 aliphatic carbocycles. The molecule has 3 unspecified atom stereocenters. The molecule has 0 aliphatic heterocycles. The van der Waals surface area contributed by atoms with E-state index in [2.05, 4.69) is 68.6 Å². The highest BCUT2D eigenvalue weighted by Crippen LogP contribution is 2.16. The van der Waals surface area contributed by atoms with Crippen LogP contribution < -0.4 is 5.32 Å². The van der Waals surface area contributed by atoms with Crippen molar-refractivity contribution in [1.29, 1.82) is 0 Å². The van der Waals surface area contributed by atoms with Crippen LogP contribution in [0.15, 0.2) is 134 Å². The fourth-order valence-corrected chi connectivity index (χ4v) is 6.91. The fourth-order valence-electron chi connectivity index (χ4n) is 6.91. The summed E-state index contributed by atoms with van der Waals surface area (Å²) in [4.78, 5) is 26.1. The largest absolute Gasteiger partial charge is 0.462 e. The third-order valence-corrected chi connectivity index (χ3v) is 10.7. The van der Waals surface area contributed by atoms with Gasteiger partial charge in [-0.25, -0.2) is 0 Å². The molecule has 0 radical (unpaired) electrons. The van der Waals surface area contributed by atoms with Crippen LogP contribution in [0.4, 0.5) is 0 Å². The van der Waals surface area contributed by atoms with Gasteiger partial charge in [0.05, 0.1) is 25.2 Å². The van der Waals surface area contributed by atoms with E-state index in [1.54, 1.807) is 0 Å². The molecule has 6 nitrogen and oxygen atoms in total. The molecule has 0 bridgehead atoms. The Kier molecular flexibility index (Phi) is 46.9. The van der Waals surface area contributed by atoms with Crippen LogP contribution in [0.3, 0.4) is 0 Å². The molecule has 64 heavy (non-hydrogen) atoms. The van der Waals surface area contributed by atoms with Crippen molar-refractivity contribution in [2.24, 2.45) is 0 Å². The van der Waals surface area contributed by atoms with Crippen molar-refractivity contribution in [2.75, 3.05) is 6.61 Å². The molecule has 360 valence electrons. The number of hydrogen-bond donors (Lipinski definition) is 3. The molecule has 0 spiro atoms. The quantitative estimate of drug-likeness (QED) is 0.0322. The van der Waals surface area contributed by atoms with E-state index in [0.717, 1.165) is 83.5 Å². The van der Waals surface area contributed by atoms with Crippen molar-refractivity contribution in [3.05, 3.63) is 134 Å². The summed E-state index contributed by atoms with van der Waals surface area (Å²) in [5.41, 5.74) is 0. The van der Waals surface area contributed by atoms with Gasteiger partial charge in [0.25, 0.3) is 0 Å². The maximum absolute atomic E-state index is 13.2. The van der Waals surface area contributed by atoms with Crippen LogP contribution in [0.25, 0.3) is 0 Å². The smallest absolute Gasteiger partial charge is 0.306 e. The van der Waals surface area contributed by atoms with Crippen molar-refractivity contribution in [1.82, 2.24) is 5.32 Å². The zero-order chi connectivity index (χ0) is 46.7. The molecule has 0 aromatic heterocycles. The van der Waals surface area contributed by atoms with E-state index in [4.69, 9.17) is 4.74 Å². The molecule has 0 rings (SSSR count). The van der Waals surface area contributed by atoms with Crippen LogP contribution in [0.5, 0.6) is 0 Å². The van der Waals surface area contributed by atoms with Gasteiger partial charge < -0.3 is 20.3 Å². The number of carbonyl (C=O) groups excluding carboxylic acids is 2. The Morgan fingerprint density at radius 3 is 1.38 bits per heavy atom. The molecule has 3 N–H and O–H groups in total. The first-order chi connectivity index (χ1) is 31.5. The van der Waals surface area contributed by atoms with E-state index in [-0.39, 0.29) is 24.9 Å². The molecule has 0 aliphatic rings. The summed E-state index contributed by atoms with van der Waals surface area (Å²) in [6.45, 7) is 6.20. The van der Waals surface area contributed by atoms with Gasteiger partial charge in [-0.05, 0) is 57.8 Å². The molecule has 0 fully saturated rings. The second-order valence-corrected chi connectivity index (χ2v) is 16.8. The second kappa shape index (κ2) is 50.0. The van der Waals surface area contributed by atoms with Gasteiger partial charge in [0.2, 0.25) is 5.91 Å². The molecule has 0 saturated carbocycles. The second-order valence-electron chi connectivity index (χ2n) is 16.8. The Hall–Kier alpha value is -4.00. The van der Waals surface area contributed by atoms with E-state index >= 15 is 0 Å². The number of aliphatic hydroxyl groups excluding tert-OH is 2. The van der Waals surface area contributed by atoms with Gasteiger partial charge in [-0.3, -0.25) is 9.59 Å². The summed E-state index contributed by atoms with van der Waals surface area (Å²) in [5.74, 6) is -0.593. The van der Waals surface area contributed by atoms with Gasteiger partial charge in [0, 0.05) is 6.42 Å². The number of aliphatic hydroxyl groups is 2. The number of nitrogens with one attached hydrogen (secondary N) is 1. The average Bonchev–Trinajstić information content (AvgIpc) is 3.29. The van der Waals surface area contributed by atoms with Crippen molar-refractivity contribution in [2.45, 2.75) is 212 Å². The number of carbonyl (C=O) groups is 2. The Bertz CT molecular complexity index is 1410. The van der Waals surface area contributed by atoms with E-state index in [9.17, 15) is 19.8 Å². The first kappa shape index (κ1) is 60.0. The molecule has 0 heterocycles. The summed E-state index contributed by atoms with van der Waals surface area (Å²) in [6, 6.07) is -0.741. The molecule has 1 amide bonds. The zero-order valence-corrected chi connectivity index (χ0v) is 40.9. The SMILES string of the molecule is CC\C=C/C=C/C=C/C=C\C=C\C=C\CCCC(CC(=O)NC(CO)C(O)CCCCCCCCCCCCCC)OC(=O)CCCCCCC/C=C/C=C/C=C/C=C/C=C/CCC. The fraction of sp³-hybridized carbons (Fsp3) is 0.586. The van der Waals surface area contributed by atoms with E-state index < -0.39 is 18.2 Å². The predicted molar refractivity (Wildman–Crippen MR) is 277 cm³/mol. The van der Waals surface area contributed by atoms with Gasteiger partial charge in [-0.15, -0.1) is 0 Å². The summed E-state index contributed by atoms with van der Waals surface area (Å²) in [7, 11) is 0. The first-order valence-corrected chi connectivity index (χ1v) is 25.6. The molecule has 0 aromatic carbocycles. The van der Waals surface area contributed by atoms with Gasteiger partial charge in [0.15, 0.2) is 0 Å². The molecule has 0 aromatic rings.